The summed E-state index contributed by atoms with van der Waals surface area (Å²) in [5.41, 5.74) is 20.3. The van der Waals surface area contributed by atoms with Gasteiger partial charge >= 0.3 is 23.9 Å². The SMILES string of the molecule is COC(=O)[C@@H](N)Cc1cccnc1.COC(=O)[C@H](Cc1cccnc1)NC(=O)[C@@H](CC(=O)c1cc2c(OC)cccc2[nH]1)CC(C)C.COc1cccc2[nH]c(C(=O)C[C@@H](CC(C)C)C(=O)N[C@@H](Cc3cccnc3)C(N)=O)cc12.COc1cccc2[nH]c(C(=O)C[C@@H](CC(C)C)C(=O)N[C@H](C#N)Cc3cccnc3)cc12.COc1cccc2[nH]c(C(=O)C[C@@H](CC(C)C)C(=O)O)cc12.C[C@@H](Cc1cccnc1)C(=O)O.Cl. The first-order chi connectivity index (χ1) is 69.9. The number of nitrogens with two attached hydrogens (primary N) is 2. The molecular formula is C111H134ClN15O20. The van der Waals surface area contributed by atoms with E-state index in [9.17, 15) is 67.9 Å². The molecule has 13 aromatic rings. The highest BCUT2D eigenvalue weighted by Crippen LogP contribution is 2.34. The van der Waals surface area contributed by atoms with Crippen molar-refractivity contribution >= 4 is 127 Å². The van der Waals surface area contributed by atoms with Gasteiger partial charge in [-0.3, -0.25) is 77.7 Å². The minimum absolute atomic E-state index is 0. The Bertz CT molecular complexity index is 6510. The number of amides is 4. The molecule has 4 amide bonds. The second-order valence-corrected chi connectivity index (χ2v) is 37.0. The Kier molecular flexibility index (Phi) is 48.3. The number of ether oxygens (including phenoxy) is 6. The van der Waals surface area contributed by atoms with Crippen LogP contribution in [0, 0.1) is 64.6 Å². The Morgan fingerprint density at radius 1 is 0.361 bits per heavy atom. The normalized spacial score (nSPS) is 12.6. The van der Waals surface area contributed by atoms with Crippen molar-refractivity contribution in [2.24, 2.45) is 64.7 Å². The predicted molar refractivity (Wildman–Crippen MR) is 561 cm³/mol. The van der Waals surface area contributed by atoms with E-state index in [0.29, 0.717) is 90.7 Å². The maximum atomic E-state index is 13.2. The average Bonchev–Trinajstić information content (AvgIpc) is 1.67. The highest BCUT2D eigenvalue weighted by Gasteiger charge is 2.34. The van der Waals surface area contributed by atoms with E-state index in [1.165, 1.54) is 14.2 Å². The number of esters is 2. The van der Waals surface area contributed by atoms with E-state index in [4.69, 9.17) is 40.3 Å². The molecule has 0 aliphatic rings. The van der Waals surface area contributed by atoms with Crippen LogP contribution in [0.4, 0.5) is 0 Å². The zero-order chi connectivity index (χ0) is 107. The Morgan fingerprint density at radius 2 is 0.639 bits per heavy atom. The molecule has 13 rings (SSSR count). The summed E-state index contributed by atoms with van der Waals surface area (Å²) in [6.07, 6.45) is 20.6. The number of fused-ring (bicyclic) bond motifs is 4. The van der Waals surface area contributed by atoms with E-state index in [1.54, 1.807) is 146 Å². The number of carbonyl (C=O) groups is 12. The van der Waals surface area contributed by atoms with E-state index in [0.717, 1.165) is 71.4 Å². The number of nitrogens with zero attached hydrogens (tertiary/aromatic N) is 6. The molecule has 147 heavy (non-hydrogen) atoms. The molecule has 0 unspecified atom stereocenters. The van der Waals surface area contributed by atoms with Crippen molar-refractivity contribution in [3.05, 3.63) is 270 Å². The number of ketones is 4. The molecule has 0 spiro atoms. The van der Waals surface area contributed by atoms with E-state index in [-0.39, 0.29) is 121 Å². The first-order valence-corrected chi connectivity index (χ1v) is 48.0. The summed E-state index contributed by atoms with van der Waals surface area (Å²) in [4.78, 5) is 180. The number of aromatic amines is 4. The summed E-state index contributed by atoms with van der Waals surface area (Å²) in [7, 11) is 8.92. The van der Waals surface area contributed by atoms with E-state index >= 15 is 0 Å². The number of carbonyl (C=O) groups excluding carboxylic acids is 10. The van der Waals surface area contributed by atoms with Gasteiger partial charge in [-0.25, -0.2) is 4.79 Å². The summed E-state index contributed by atoms with van der Waals surface area (Å²) in [6, 6.07) is 46.4. The summed E-state index contributed by atoms with van der Waals surface area (Å²) in [6.45, 7) is 17.6. The molecule has 0 aliphatic heterocycles. The topological polar surface area (TPSA) is 540 Å². The molecule has 35 nitrogen and oxygen atoms in total. The lowest BCUT2D eigenvalue weighted by molar-refractivity contribution is -0.145. The van der Waals surface area contributed by atoms with Gasteiger partial charge in [-0.15, -0.1) is 12.4 Å². The monoisotopic (exact) mass is 2030 g/mol. The van der Waals surface area contributed by atoms with Crippen LogP contribution in [-0.4, -0.2) is 193 Å². The zero-order valence-corrected chi connectivity index (χ0v) is 86.3. The Morgan fingerprint density at radius 3 is 0.912 bits per heavy atom. The van der Waals surface area contributed by atoms with Crippen molar-refractivity contribution in [1.82, 2.24) is 60.8 Å². The molecule has 9 heterocycles. The second kappa shape index (κ2) is 60.1. The van der Waals surface area contributed by atoms with Gasteiger partial charge in [0.05, 0.1) is 83.3 Å². The third kappa shape index (κ3) is 37.7. The molecule has 0 aliphatic carbocycles. The smallest absolute Gasteiger partial charge is 0.328 e. The van der Waals surface area contributed by atoms with E-state index in [2.05, 4.69) is 71.6 Å². The van der Waals surface area contributed by atoms with Crippen molar-refractivity contribution in [3.8, 4) is 29.1 Å². The molecule has 9 atom stereocenters. The Balaban J connectivity index is 0.000000247. The van der Waals surface area contributed by atoms with Crippen LogP contribution in [0.3, 0.4) is 0 Å². The third-order valence-electron chi connectivity index (χ3n) is 23.6. The molecule has 0 fully saturated rings. The number of hydrogen-bond acceptors (Lipinski definition) is 25. The number of nitrogens with one attached hydrogen (secondary N) is 7. The van der Waals surface area contributed by atoms with Gasteiger partial charge in [-0.05, 0) is 193 Å². The van der Waals surface area contributed by atoms with E-state index < -0.39 is 77.6 Å². The van der Waals surface area contributed by atoms with Crippen LogP contribution in [0.15, 0.2) is 220 Å². The number of benzene rings is 4. The third-order valence-corrected chi connectivity index (χ3v) is 23.6. The van der Waals surface area contributed by atoms with Gasteiger partial charge in [-0.2, -0.15) is 5.26 Å². The minimum atomic E-state index is -0.921. The second-order valence-electron chi connectivity index (χ2n) is 37.0. The van der Waals surface area contributed by atoms with Crippen molar-refractivity contribution in [2.75, 3.05) is 42.7 Å². The predicted octanol–water partition coefficient (Wildman–Crippen LogP) is 16.2. The van der Waals surface area contributed by atoms with Gasteiger partial charge in [0.25, 0.3) is 0 Å². The van der Waals surface area contributed by atoms with Gasteiger partial charge in [0.1, 0.15) is 47.2 Å². The molecule has 780 valence electrons. The molecule has 13 N–H and O–H groups in total. The number of methoxy groups -OCH3 is 6. The van der Waals surface area contributed by atoms with Gasteiger partial charge in [0.15, 0.2) is 23.1 Å². The number of nitriles is 1. The van der Waals surface area contributed by atoms with Gasteiger partial charge in [0.2, 0.25) is 23.6 Å². The van der Waals surface area contributed by atoms with Crippen molar-refractivity contribution in [2.45, 2.75) is 170 Å². The lowest BCUT2D eigenvalue weighted by Gasteiger charge is -2.22. The van der Waals surface area contributed by atoms with Crippen molar-refractivity contribution < 1.29 is 96.2 Å². The number of Topliss-reactive ketones (excluding diaryl/α,β-unsaturated/α-hetero) is 4. The highest BCUT2D eigenvalue weighted by atomic mass is 35.5. The minimum Gasteiger partial charge on any atom is -0.496 e. The van der Waals surface area contributed by atoms with E-state index in [1.807, 2.05) is 165 Å². The van der Waals surface area contributed by atoms with Crippen LogP contribution in [0.2, 0.25) is 0 Å². The van der Waals surface area contributed by atoms with Crippen LogP contribution in [-0.2, 0) is 79.9 Å². The average molecular weight is 2030 g/mol. The number of rotatable bonds is 45. The maximum Gasteiger partial charge on any atom is 0.328 e. The van der Waals surface area contributed by atoms with Crippen LogP contribution < -0.4 is 46.4 Å². The fourth-order valence-corrected chi connectivity index (χ4v) is 16.3. The molecule has 0 radical (unpaired) electrons. The Labute approximate surface area is 860 Å². The summed E-state index contributed by atoms with van der Waals surface area (Å²) in [5.74, 6) is -4.15. The van der Waals surface area contributed by atoms with Gasteiger partial charge in [-0.1, -0.05) is 117 Å². The quantitative estimate of drug-likeness (QED) is 0.0125. The number of carboxylic acid groups (broad SMARTS) is 2. The number of primary amides is 1. The van der Waals surface area contributed by atoms with Crippen LogP contribution >= 0.6 is 12.4 Å². The standard InChI is InChI=1S/C26H31N3O5.C25H30N4O4.C25H28N4O3.C17H21NO4.C9H12N2O2.C9H11NO2.ClH/c1-16(2)11-18(13-23(30)21-14-19-20(28-21)8-5-9-24(19)33-3)25(31)29-22(26(32)34-4)12-17-7-6-10-27-15-17;1-15(2)10-17(25(32)29-21(24(26)31)11-16-6-5-9-27-14-16)12-22(30)20-13-18-19(28-20)7-4-8-23(18)33-3;1-16(2)10-18(25(31)28-19(14-26)11-17-6-5-9-27-15-17)12-23(30)22-13-20-21(29-22)7-4-8-24(20)32-3;1-10(2)7-11(17(20)21)8-15(19)14-9-12-13(18-14)5-4-6-16(12)22-3;1-13-9(12)8(10)5-7-3-2-4-11-6-7;1-7(9(11)12)5-8-3-2-4-10-6-8;/h5-10,14-16,18,22,28H,11-13H2,1-4H3,(H,29,31);4-9,13-15,17,21,28H,10-12H2,1-3H3,(H2,26,31)(H,29,32);4-9,13,15-16,18-19,29H,10-12H2,1-3H3,(H,28,31);4-6,9-11,18H,7-8H2,1-3H3,(H,20,21);2-4,6,8H,5,10H2,1H3;2-4,6-7H,5H2,1H3,(H,11,12);1H/t18-,22+;17-,21+;18-,19+;11-;8-;7-;/m111100./s1. The largest absolute Gasteiger partial charge is 0.496 e. The highest BCUT2D eigenvalue weighted by molar-refractivity contribution is 6.06. The van der Waals surface area contributed by atoms with Crippen LogP contribution in [0.5, 0.6) is 23.0 Å². The zero-order valence-electron chi connectivity index (χ0n) is 85.5. The van der Waals surface area contributed by atoms with Gasteiger partial charge in [0, 0.05) is 168 Å². The summed E-state index contributed by atoms with van der Waals surface area (Å²) < 4.78 is 30.8. The summed E-state index contributed by atoms with van der Waals surface area (Å²) >= 11 is 0. The molecule has 36 heteroatoms. The molecule has 0 bridgehead atoms. The first-order valence-electron chi connectivity index (χ1n) is 48.0. The first kappa shape index (κ1) is 118. The van der Waals surface area contributed by atoms with Crippen LogP contribution in [0.25, 0.3) is 43.6 Å². The lowest BCUT2D eigenvalue weighted by atomic mass is 9.90. The number of halogens is 1. The van der Waals surface area contributed by atoms with Crippen molar-refractivity contribution in [1.29, 1.82) is 5.26 Å². The molecule has 0 saturated carbocycles. The maximum absolute atomic E-state index is 13.2. The Hall–Kier alpha value is -15.8. The summed E-state index contributed by atoms with van der Waals surface area (Å²) in [5, 5.41) is 39.0. The fraction of sp³-hybridized carbons (Fsp3) is 0.369. The van der Waals surface area contributed by atoms with Crippen molar-refractivity contribution in [3.63, 3.8) is 0 Å². The molecular weight excluding hydrogens is 1900 g/mol. The van der Waals surface area contributed by atoms with Crippen LogP contribution in [0.1, 0.15) is 183 Å². The number of pyridine rings is 5. The van der Waals surface area contributed by atoms with Gasteiger partial charge < -0.3 is 86.0 Å². The fourth-order valence-electron chi connectivity index (χ4n) is 16.3. The number of aliphatic carboxylic acids is 2. The number of hydrogen-bond donors (Lipinski definition) is 11. The lowest BCUT2D eigenvalue weighted by Crippen LogP contribution is -2.48. The number of H-pyrrole nitrogens is 4. The molecule has 9 aromatic heterocycles. The number of carboxylic acids is 2. The number of aromatic nitrogens is 9. The molecule has 0 saturated heterocycles. The molecule has 4 aromatic carbocycles.